The van der Waals surface area contributed by atoms with Crippen molar-refractivity contribution >= 4 is 17.8 Å². The molecular weight excluding hydrogens is 458 g/mol. The van der Waals surface area contributed by atoms with Gasteiger partial charge < -0.3 is 19.6 Å². The number of hydrogen-bond donors (Lipinski definition) is 1. The van der Waals surface area contributed by atoms with Gasteiger partial charge in [-0.1, -0.05) is 36.8 Å². The predicted molar refractivity (Wildman–Crippen MR) is 123 cm³/mol. The first-order chi connectivity index (χ1) is 16.8. The lowest BCUT2D eigenvalue weighted by molar-refractivity contribution is -0.192. The minimum absolute atomic E-state index is 0.00402. The summed E-state index contributed by atoms with van der Waals surface area (Å²) in [7, 11) is 0.832. The van der Waals surface area contributed by atoms with Gasteiger partial charge in [0.1, 0.15) is 12.1 Å². The maximum atomic E-state index is 14.4. The highest BCUT2D eigenvalue weighted by Gasteiger charge is 2.56. The molecule has 0 radical (unpaired) electrons. The fraction of sp³-hybridized carbons (Fsp3) is 0.654. The molecule has 2 saturated heterocycles. The number of benzene rings is 1. The summed E-state index contributed by atoms with van der Waals surface area (Å²) in [5.74, 6) is -6.20. The highest BCUT2D eigenvalue weighted by atomic mass is 19.3. The molecule has 1 saturated carbocycles. The molecule has 3 aliphatic rings. The predicted octanol–water partition coefficient (Wildman–Crippen LogP) is 2.94. The molecule has 35 heavy (non-hydrogen) atoms. The van der Waals surface area contributed by atoms with Crippen molar-refractivity contribution in [1.29, 1.82) is 0 Å². The van der Waals surface area contributed by atoms with Crippen LogP contribution in [0, 0.1) is 5.92 Å². The van der Waals surface area contributed by atoms with Gasteiger partial charge in [-0.05, 0) is 56.4 Å². The molecule has 3 fully saturated rings. The van der Waals surface area contributed by atoms with Crippen molar-refractivity contribution in [2.75, 3.05) is 13.7 Å². The van der Waals surface area contributed by atoms with E-state index in [4.69, 9.17) is 0 Å². The van der Waals surface area contributed by atoms with E-state index in [9.17, 15) is 28.3 Å². The molecule has 192 valence electrons. The van der Waals surface area contributed by atoms with Crippen molar-refractivity contribution in [3.63, 3.8) is 0 Å². The molecule has 2 heterocycles. The zero-order chi connectivity index (χ0) is 25.2. The number of aliphatic hydroxyl groups is 1. The van der Waals surface area contributed by atoms with E-state index in [1.807, 2.05) is 30.3 Å². The van der Waals surface area contributed by atoms with Crippen molar-refractivity contribution in [3.05, 3.63) is 35.9 Å². The summed E-state index contributed by atoms with van der Waals surface area (Å²) in [6.07, 6.45) is 3.26. The van der Waals surface area contributed by atoms with E-state index in [2.05, 4.69) is 4.74 Å². The highest BCUT2D eigenvalue weighted by Crippen LogP contribution is 2.43. The Hall–Kier alpha value is -2.55. The van der Waals surface area contributed by atoms with E-state index in [0.717, 1.165) is 38.4 Å². The molecule has 2 aliphatic heterocycles. The van der Waals surface area contributed by atoms with Crippen LogP contribution in [0.15, 0.2) is 30.3 Å². The van der Waals surface area contributed by atoms with Crippen LogP contribution in [0.3, 0.4) is 0 Å². The van der Waals surface area contributed by atoms with Gasteiger partial charge >= 0.3 is 11.9 Å². The van der Waals surface area contributed by atoms with Crippen LogP contribution in [0.4, 0.5) is 8.78 Å². The number of likely N-dealkylation sites (tertiary alicyclic amines) is 2. The lowest BCUT2D eigenvalue weighted by atomic mass is 9.99. The van der Waals surface area contributed by atoms with Crippen molar-refractivity contribution in [1.82, 2.24) is 9.80 Å². The number of fused-ring (bicyclic) bond motifs is 1. The van der Waals surface area contributed by atoms with Crippen molar-refractivity contribution in [2.45, 2.75) is 87.9 Å². The number of ether oxygens (including phenoxy) is 1. The third kappa shape index (κ3) is 5.06. The molecule has 9 heteroatoms. The number of alkyl halides is 2. The Morgan fingerprint density at radius 1 is 1.14 bits per heavy atom. The number of amides is 2. The maximum absolute atomic E-state index is 14.4. The maximum Gasteiger partial charge on any atom is 0.379 e. The third-order valence-corrected chi connectivity index (χ3v) is 7.89. The van der Waals surface area contributed by atoms with E-state index in [-0.39, 0.29) is 30.8 Å². The van der Waals surface area contributed by atoms with Gasteiger partial charge in [-0.2, -0.15) is 8.78 Å². The molecule has 0 bridgehead atoms. The Morgan fingerprint density at radius 3 is 2.60 bits per heavy atom. The molecule has 4 rings (SSSR count). The van der Waals surface area contributed by atoms with Crippen molar-refractivity contribution in [2.24, 2.45) is 5.92 Å². The van der Waals surface area contributed by atoms with E-state index in [1.54, 1.807) is 4.90 Å². The number of aryl methyl sites for hydroxylation is 1. The van der Waals surface area contributed by atoms with Gasteiger partial charge in [0.2, 0.25) is 11.8 Å². The monoisotopic (exact) mass is 492 g/mol. The van der Waals surface area contributed by atoms with Crippen LogP contribution in [0.2, 0.25) is 0 Å². The first-order valence-electron chi connectivity index (χ1n) is 12.6. The number of esters is 1. The summed E-state index contributed by atoms with van der Waals surface area (Å²) in [5.41, 5.74) is 1.15. The molecule has 0 spiro atoms. The van der Waals surface area contributed by atoms with Gasteiger partial charge in [-0.15, -0.1) is 0 Å². The normalized spacial score (nSPS) is 27.1. The minimum Gasteiger partial charge on any atom is -0.465 e. The van der Waals surface area contributed by atoms with Gasteiger partial charge in [0.25, 0.3) is 0 Å². The van der Waals surface area contributed by atoms with E-state index in [1.165, 1.54) is 4.90 Å². The van der Waals surface area contributed by atoms with Crippen molar-refractivity contribution in [3.8, 4) is 0 Å². The quantitative estimate of drug-likeness (QED) is 0.564. The minimum atomic E-state index is -4.12. The number of nitrogens with zero attached hydrogens (tertiary/aromatic N) is 2. The van der Waals surface area contributed by atoms with Gasteiger partial charge in [-0.3, -0.25) is 9.59 Å². The van der Waals surface area contributed by atoms with Crippen LogP contribution in [0.1, 0.15) is 56.9 Å². The van der Waals surface area contributed by atoms with Gasteiger partial charge in [0.15, 0.2) is 0 Å². The van der Waals surface area contributed by atoms with Crippen LogP contribution < -0.4 is 0 Å². The van der Waals surface area contributed by atoms with Crippen molar-refractivity contribution < 1.29 is 33.0 Å². The number of carbonyl (C=O) groups is 3. The molecule has 7 nitrogen and oxygen atoms in total. The zero-order valence-corrected chi connectivity index (χ0v) is 20.1. The molecule has 1 aromatic carbocycles. The van der Waals surface area contributed by atoms with E-state index in [0.29, 0.717) is 25.7 Å². The largest absolute Gasteiger partial charge is 0.465 e. The average molecular weight is 493 g/mol. The zero-order valence-electron chi connectivity index (χ0n) is 20.1. The Balaban J connectivity index is 1.47. The summed E-state index contributed by atoms with van der Waals surface area (Å²) < 4.78 is 33.0. The second-order valence-corrected chi connectivity index (χ2v) is 9.95. The number of aliphatic hydroxyl groups excluding tert-OH is 1. The number of rotatable bonds is 8. The first kappa shape index (κ1) is 25.5. The fourth-order valence-corrected chi connectivity index (χ4v) is 6.17. The van der Waals surface area contributed by atoms with Gasteiger partial charge in [-0.25, -0.2) is 4.79 Å². The Morgan fingerprint density at radius 2 is 1.89 bits per heavy atom. The van der Waals surface area contributed by atoms with Gasteiger partial charge in [0.05, 0.1) is 13.2 Å². The number of hydrogen-bond acceptors (Lipinski definition) is 5. The third-order valence-electron chi connectivity index (χ3n) is 7.89. The lowest BCUT2D eigenvalue weighted by Gasteiger charge is -2.36. The van der Waals surface area contributed by atoms with Crippen LogP contribution in [-0.4, -0.2) is 76.5 Å². The average Bonchev–Trinajstić information content (AvgIpc) is 3.59. The smallest absolute Gasteiger partial charge is 0.379 e. The van der Waals surface area contributed by atoms with Crippen LogP contribution in [0.25, 0.3) is 0 Å². The molecular formula is C26H34F2N2O5. The standard InChI is InChI=1S/C26H34F2N2O5/c1-35-25(34)26(27,28)23(32)20-13-7-15-29(20)24(33)21-16-18-11-6-12-19(18)30(21)22(31)14-5-10-17-8-3-2-4-9-17/h2-4,8-9,18-21,23,32H,5-7,10-16H2,1H3/t18-,19-,20-,21-,23?/m0/s1. The second kappa shape index (κ2) is 10.6. The number of halogens is 2. The summed E-state index contributed by atoms with van der Waals surface area (Å²) in [6, 6.07) is 7.97. The Bertz CT molecular complexity index is 928. The van der Waals surface area contributed by atoms with Crippen LogP contribution in [0.5, 0.6) is 0 Å². The Kier molecular flexibility index (Phi) is 7.73. The van der Waals surface area contributed by atoms with E-state index < -0.39 is 36.0 Å². The molecule has 1 aromatic rings. The summed E-state index contributed by atoms with van der Waals surface area (Å²) in [4.78, 5) is 41.5. The lowest BCUT2D eigenvalue weighted by Crippen LogP contribution is -2.57. The number of methoxy groups -OCH3 is 1. The molecule has 1 aliphatic carbocycles. The van der Waals surface area contributed by atoms with Gasteiger partial charge in [0, 0.05) is 19.0 Å². The fourth-order valence-electron chi connectivity index (χ4n) is 6.17. The molecule has 1 N–H and O–H groups in total. The molecule has 5 atom stereocenters. The van der Waals surface area contributed by atoms with Crippen LogP contribution >= 0.6 is 0 Å². The topological polar surface area (TPSA) is 87.2 Å². The summed E-state index contributed by atoms with van der Waals surface area (Å²) >= 11 is 0. The number of carbonyl (C=O) groups excluding carboxylic acids is 3. The highest BCUT2D eigenvalue weighted by molar-refractivity contribution is 5.89. The van der Waals surface area contributed by atoms with E-state index >= 15 is 0 Å². The molecule has 1 unspecified atom stereocenters. The molecule has 2 amide bonds. The first-order valence-corrected chi connectivity index (χ1v) is 12.6. The molecule has 0 aromatic heterocycles. The summed E-state index contributed by atoms with van der Waals surface area (Å²) in [6.45, 7) is 0.208. The Labute approximate surface area is 204 Å². The summed E-state index contributed by atoms with van der Waals surface area (Å²) in [5, 5.41) is 10.4. The van der Waals surface area contributed by atoms with Crippen LogP contribution in [-0.2, 0) is 25.5 Å². The SMILES string of the molecule is COC(=O)C(F)(F)C(O)[C@@H]1CCCN1C(=O)[C@@H]1C[C@@H]2CCC[C@@H]2N1C(=O)CCCc1ccccc1. The second-order valence-electron chi connectivity index (χ2n) is 9.95.